The Hall–Kier alpha value is -4.04. The average Bonchev–Trinajstić information content (AvgIpc) is 2.81. The highest BCUT2D eigenvalue weighted by molar-refractivity contribution is 6.27. The molecular weight excluding hydrogens is 364 g/mol. The molecule has 2 nitrogen and oxygen atoms in total. The Morgan fingerprint density at radius 3 is 1.20 bits per heavy atom. The van der Waals surface area contributed by atoms with E-state index in [1.165, 1.54) is 32.3 Å². The van der Waals surface area contributed by atoms with Crippen LogP contribution in [-0.4, -0.2) is 0 Å². The van der Waals surface area contributed by atoms with Crippen molar-refractivity contribution in [3.05, 3.63) is 109 Å². The van der Waals surface area contributed by atoms with E-state index in [1.807, 2.05) is 12.1 Å². The number of para-hydroxylation sites is 2. The van der Waals surface area contributed by atoms with Gasteiger partial charge in [0.1, 0.15) is 0 Å². The van der Waals surface area contributed by atoms with E-state index < -0.39 is 0 Å². The Morgan fingerprint density at radius 2 is 0.767 bits per heavy atom. The van der Waals surface area contributed by atoms with Crippen LogP contribution in [0.5, 0.6) is 0 Å². The second-order valence-corrected chi connectivity index (χ2v) is 7.63. The van der Waals surface area contributed by atoms with Crippen LogP contribution in [0.15, 0.2) is 109 Å². The van der Waals surface area contributed by atoms with Gasteiger partial charge in [0.25, 0.3) is 0 Å². The van der Waals surface area contributed by atoms with Crippen molar-refractivity contribution in [2.75, 3.05) is 10.6 Å². The lowest BCUT2D eigenvalue weighted by Gasteiger charge is -2.17. The van der Waals surface area contributed by atoms with Gasteiger partial charge >= 0.3 is 0 Å². The molecule has 2 N–H and O–H groups in total. The van der Waals surface area contributed by atoms with E-state index in [0.717, 1.165) is 22.7 Å². The van der Waals surface area contributed by atoms with Crippen LogP contribution in [0.2, 0.25) is 0 Å². The second-order valence-electron chi connectivity index (χ2n) is 7.63. The fourth-order valence-electron chi connectivity index (χ4n) is 4.37. The van der Waals surface area contributed by atoms with E-state index in [-0.39, 0.29) is 0 Å². The summed E-state index contributed by atoms with van der Waals surface area (Å²) in [7, 11) is 0. The molecule has 0 saturated heterocycles. The Labute approximate surface area is 175 Å². The normalized spacial score (nSPS) is 11.3. The molecule has 30 heavy (non-hydrogen) atoms. The molecule has 2 heteroatoms. The average molecular weight is 384 g/mol. The van der Waals surface area contributed by atoms with Crippen LogP contribution in [-0.2, 0) is 0 Å². The number of anilines is 4. The van der Waals surface area contributed by atoms with Crippen molar-refractivity contribution in [1.82, 2.24) is 0 Å². The first-order valence-corrected chi connectivity index (χ1v) is 10.2. The third kappa shape index (κ3) is 2.73. The van der Waals surface area contributed by atoms with Gasteiger partial charge in [-0.05, 0) is 57.9 Å². The van der Waals surface area contributed by atoms with Crippen molar-refractivity contribution >= 4 is 55.1 Å². The minimum absolute atomic E-state index is 1.10. The van der Waals surface area contributed by atoms with Gasteiger partial charge in [-0.15, -0.1) is 0 Å². The third-order valence-corrected chi connectivity index (χ3v) is 5.77. The van der Waals surface area contributed by atoms with Crippen molar-refractivity contribution in [2.45, 2.75) is 0 Å². The first kappa shape index (κ1) is 16.9. The molecule has 0 heterocycles. The molecule has 0 aromatic heterocycles. The van der Waals surface area contributed by atoms with E-state index in [1.54, 1.807) is 0 Å². The molecule has 0 saturated carbocycles. The summed E-state index contributed by atoms with van der Waals surface area (Å²) in [6.07, 6.45) is 0. The van der Waals surface area contributed by atoms with Crippen molar-refractivity contribution in [3.63, 3.8) is 0 Å². The molecule has 6 aromatic rings. The number of hydrogen-bond acceptors (Lipinski definition) is 2. The summed E-state index contributed by atoms with van der Waals surface area (Å²) in [5, 5.41) is 14.8. The maximum Gasteiger partial charge on any atom is 0.0464 e. The van der Waals surface area contributed by atoms with Gasteiger partial charge in [-0.3, -0.25) is 0 Å². The molecule has 0 radical (unpaired) electrons. The zero-order valence-electron chi connectivity index (χ0n) is 16.4. The van der Waals surface area contributed by atoms with Crippen LogP contribution in [0.4, 0.5) is 22.7 Å². The molecule has 0 aliphatic heterocycles. The van der Waals surface area contributed by atoms with Crippen LogP contribution in [0, 0.1) is 0 Å². The van der Waals surface area contributed by atoms with Crippen LogP contribution < -0.4 is 10.6 Å². The lowest BCUT2D eigenvalue weighted by molar-refractivity contribution is 1.58. The lowest BCUT2D eigenvalue weighted by Crippen LogP contribution is -1.95. The largest absolute Gasteiger partial charge is 0.355 e. The quantitative estimate of drug-likeness (QED) is 0.300. The molecule has 0 aliphatic carbocycles. The topological polar surface area (TPSA) is 24.1 Å². The summed E-state index contributed by atoms with van der Waals surface area (Å²) in [6.45, 7) is 0. The van der Waals surface area contributed by atoms with Crippen LogP contribution in [0.25, 0.3) is 32.3 Å². The van der Waals surface area contributed by atoms with Crippen LogP contribution in [0.3, 0.4) is 0 Å². The lowest BCUT2D eigenvalue weighted by atomic mass is 9.92. The first-order chi connectivity index (χ1) is 14.9. The SMILES string of the molecule is c1ccc(Nc2ccc3ccc4c(Nc5ccccc5)ccc5ccc2c3c54)cc1. The molecule has 0 spiro atoms. The predicted molar refractivity (Wildman–Crippen MR) is 130 cm³/mol. The van der Waals surface area contributed by atoms with Gasteiger partial charge in [0.05, 0.1) is 0 Å². The summed E-state index contributed by atoms with van der Waals surface area (Å²) in [5.41, 5.74) is 4.45. The fourth-order valence-corrected chi connectivity index (χ4v) is 4.37. The minimum Gasteiger partial charge on any atom is -0.355 e. The maximum absolute atomic E-state index is 3.60. The molecule has 0 aliphatic rings. The first-order valence-electron chi connectivity index (χ1n) is 10.2. The number of hydrogen-bond donors (Lipinski definition) is 2. The number of rotatable bonds is 4. The Kier molecular flexibility index (Phi) is 3.82. The molecule has 0 atom stereocenters. The molecule has 0 amide bonds. The molecule has 0 bridgehead atoms. The highest BCUT2D eigenvalue weighted by atomic mass is 14.9. The predicted octanol–water partition coefficient (Wildman–Crippen LogP) is 8.07. The Balaban J connectivity index is 1.57. The van der Waals surface area contributed by atoms with E-state index in [2.05, 4.69) is 108 Å². The van der Waals surface area contributed by atoms with E-state index >= 15 is 0 Å². The van der Waals surface area contributed by atoms with Gasteiger partial charge in [0, 0.05) is 33.5 Å². The maximum atomic E-state index is 3.60. The van der Waals surface area contributed by atoms with Crippen LogP contribution in [0.1, 0.15) is 0 Å². The standard InChI is InChI=1S/C28H20N2/c1-3-7-21(8-4-1)29-25-17-13-19-12-16-24-26(30-22-9-5-2-6-10-22)18-14-20-11-15-23(25)27(19)28(20)24/h1-18,29-30H. The number of nitrogens with one attached hydrogen (secondary N) is 2. The van der Waals surface area contributed by atoms with E-state index in [0.29, 0.717) is 0 Å². The Morgan fingerprint density at radius 1 is 0.367 bits per heavy atom. The summed E-state index contributed by atoms with van der Waals surface area (Å²) >= 11 is 0. The summed E-state index contributed by atoms with van der Waals surface area (Å²) in [6, 6.07) is 38.4. The molecular formula is C28H20N2. The van der Waals surface area contributed by atoms with Gasteiger partial charge in [-0.2, -0.15) is 0 Å². The second kappa shape index (κ2) is 6.78. The monoisotopic (exact) mass is 384 g/mol. The van der Waals surface area contributed by atoms with Gasteiger partial charge in [0.15, 0.2) is 0 Å². The molecule has 6 rings (SSSR count). The van der Waals surface area contributed by atoms with Gasteiger partial charge in [-0.25, -0.2) is 0 Å². The van der Waals surface area contributed by atoms with Crippen molar-refractivity contribution < 1.29 is 0 Å². The van der Waals surface area contributed by atoms with Gasteiger partial charge in [0.2, 0.25) is 0 Å². The van der Waals surface area contributed by atoms with Crippen molar-refractivity contribution in [2.24, 2.45) is 0 Å². The van der Waals surface area contributed by atoms with Gasteiger partial charge in [-0.1, -0.05) is 72.8 Å². The molecule has 142 valence electrons. The van der Waals surface area contributed by atoms with Crippen LogP contribution >= 0.6 is 0 Å². The summed E-state index contributed by atoms with van der Waals surface area (Å²) in [5.74, 6) is 0. The zero-order chi connectivity index (χ0) is 19.9. The highest BCUT2D eigenvalue weighted by Gasteiger charge is 2.13. The summed E-state index contributed by atoms with van der Waals surface area (Å²) in [4.78, 5) is 0. The van der Waals surface area contributed by atoms with Crippen molar-refractivity contribution in [1.29, 1.82) is 0 Å². The summed E-state index contributed by atoms with van der Waals surface area (Å²) < 4.78 is 0. The highest BCUT2D eigenvalue weighted by Crippen LogP contribution is 2.41. The zero-order valence-corrected chi connectivity index (χ0v) is 16.4. The molecule has 6 aromatic carbocycles. The smallest absolute Gasteiger partial charge is 0.0464 e. The molecule has 0 unspecified atom stereocenters. The minimum atomic E-state index is 1.10. The van der Waals surface area contributed by atoms with Crippen molar-refractivity contribution in [3.8, 4) is 0 Å². The van der Waals surface area contributed by atoms with E-state index in [9.17, 15) is 0 Å². The Bertz CT molecular complexity index is 1360. The molecule has 0 fully saturated rings. The third-order valence-electron chi connectivity index (χ3n) is 5.77. The van der Waals surface area contributed by atoms with Gasteiger partial charge < -0.3 is 10.6 Å². The number of benzene rings is 6. The fraction of sp³-hybridized carbons (Fsp3) is 0. The van der Waals surface area contributed by atoms with E-state index in [4.69, 9.17) is 0 Å².